The third-order valence-corrected chi connectivity index (χ3v) is 7.26. The van der Waals surface area contributed by atoms with E-state index < -0.39 is 5.41 Å². The Kier molecular flexibility index (Phi) is 7.69. The molecule has 0 aliphatic rings. The van der Waals surface area contributed by atoms with Crippen LogP contribution in [0.1, 0.15) is 59.5 Å². The molecule has 0 heterocycles. The van der Waals surface area contributed by atoms with Crippen LogP contribution in [0, 0.1) is 0 Å². The maximum absolute atomic E-state index is 12.5. The number of carbonyl (C=O) groups is 2. The van der Waals surface area contributed by atoms with Gasteiger partial charge in [-0.05, 0) is 124 Å². The summed E-state index contributed by atoms with van der Waals surface area (Å²) in [6, 6.07) is 7.82. The minimum atomic E-state index is -0.397. The second kappa shape index (κ2) is 9.13. The molecule has 2 aromatic rings. The molecule has 0 atom stereocenters. The van der Waals surface area contributed by atoms with E-state index in [2.05, 4.69) is 90.7 Å². The van der Waals surface area contributed by atoms with Crippen molar-refractivity contribution in [2.45, 2.75) is 33.1 Å². The van der Waals surface area contributed by atoms with Crippen molar-refractivity contribution in [3.8, 4) is 0 Å². The highest BCUT2D eigenvalue weighted by molar-refractivity contribution is 9.11. The molecule has 2 nitrogen and oxygen atoms in total. The molecule has 2 aromatic carbocycles. The van der Waals surface area contributed by atoms with Crippen LogP contribution in [0.25, 0.3) is 0 Å². The molecule has 0 aliphatic heterocycles. The monoisotopic (exact) mass is 644 g/mol. The van der Waals surface area contributed by atoms with Crippen LogP contribution in [-0.4, -0.2) is 11.6 Å². The van der Waals surface area contributed by atoms with Crippen LogP contribution in [0.4, 0.5) is 0 Å². The molecule has 2 rings (SSSR count). The topological polar surface area (TPSA) is 34.1 Å². The first kappa shape index (κ1) is 24.4. The van der Waals surface area contributed by atoms with Crippen molar-refractivity contribution in [3.05, 3.63) is 88.7 Å². The molecule has 0 radical (unpaired) electrons. The van der Waals surface area contributed by atoms with E-state index in [9.17, 15) is 9.59 Å². The summed E-state index contributed by atoms with van der Waals surface area (Å²) in [5.74, 6) is -0.220. The summed E-state index contributed by atoms with van der Waals surface area (Å²) in [6.45, 7) is 15.1. The lowest BCUT2D eigenvalue weighted by Crippen LogP contribution is -2.20. The van der Waals surface area contributed by atoms with Gasteiger partial charge in [0, 0.05) is 23.3 Å². The van der Waals surface area contributed by atoms with Crippen molar-refractivity contribution in [3.63, 3.8) is 0 Å². The van der Waals surface area contributed by atoms with Gasteiger partial charge in [-0.3, -0.25) is 9.59 Å². The van der Waals surface area contributed by atoms with Gasteiger partial charge in [-0.1, -0.05) is 27.0 Å². The Balaban J connectivity index is 2.62. The van der Waals surface area contributed by atoms with Crippen LogP contribution in [0.2, 0.25) is 0 Å². The third-order valence-electron chi connectivity index (χ3n) is 4.76. The molecule has 29 heavy (non-hydrogen) atoms. The summed E-state index contributed by atoms with van der Waals surface area (Å²) in [6.07, 6.45) is 0. The normalized spacial score (nSPS) is 11.3. The lowest BCUT2D eigenvalue weighted by molar-refractivity contribution is 0.102. The Morgan fingerprint density at radius 1 is 0.690 bits per heavy atom. The van der Waals surface area contributed by atoms with Crippen LogP contribution in [0.5, 0.6) is 0 Å². The second-order valence-corrected chi connectivity index (χ2v) is 10.9. The fraction of sp³-hybridized carbons (Fsp3) is 0.217. The Morgan fingerprint density at radius 2 is 0.931 bits per heavy atom. The minimum Gasteiger partial charge on any atom is -0.289 e. The van der Waals surface area contributed by atoms with Gasteiger partial charge in [-0.2, -0.15) is 0 Å². The van der Waals surface area contributed by atoms with Crippen LogP contribution in [0.3, 0.4) is 0 Å². The first-order chi connectivity index (χ1) is 13.3. The van der Waals surface area contributed by atoms with Crippen LogP contribution in [-0.2, 0) is 5.41 Å². The van der Waals surface area contributed by atoms with Gasteiger partial charge in [0.1, 0.15) is 0 Å². The molecule has 0 saturated carbocycles. The predicted molar refractivity (Wildman–Crippen MR) is 134 cm³/mol. The number of hydrogen-bond donors (Lipinski definition) is 0. The van der Waals surface area contributed by atoms with Gasteiger partial charge >= 0.3 is 0 Å². The molecule has 0 saturated heterocycles. The number of hydrogen-bond acceptors (Lipinski definition) is 2. The van der Waals surface area contributed by atoms with E-state index in [1.807, 2.05) is 24.3 Å². The molecule has 6 heteroatoms. The Bertz CT molecular complexity index is 935. The van der Waals surface area contributed by atoms with Gasteiger partial charge in [0.25, 0.3) is 0 Å². The number of rotatable bonds is 6. The fourth-order valence-corrected chi connectivity index (χ4v) is 5.99. The molecule has 0 unspecified atom stereocenters. The van der Waals surface area contributed by atoms with E-state index >= 15 is 0 Å². The van der Waals surface area contributed by atoms with Gasteiger partial charge in [-0.15, -0.1) is 0 Å². The number of allylic oxidation sites excluding steroid dienone is 2. The minimum absolute atomic E-state index is 0.110. The highest BCUT2D eigenvalue weighted by Gasteiger charge is 2.28. The first-order valence-electron chi connectivity index (χ1n) is 8.68. The Hall–Kier alpha value is -0.820. The number of halogens is 4. The SMILES string of the molecule is C=C(C)C(=O)c1c(Br)cc(C(C)(C)c2cc(Br)c(C(=O)C(=C)C)c(Br)c2)cc1Br. The summed E-state index contributed by atoms with van der Waals surface area (Å²) in [5.41, 5.74) is 3.68. The van der Waals surface area contributed by atoms with Crippen molar-refractivity contribution in [2.75, 3.05) is 0 Å². The standard InChI is InChI=1S/C23H20Br4O2/c1-11(2)21(28)19-15(24)7-13(8-16(19)25)23(5,6)14-9-17(26)20(18(27)10-14)22(29)12(3)4/h7-10H,1,3H2,2,4-6H3. The molecule has 0 aliphatic carbocycles. The summed E-state index contributed by atoms with van der Waals surface area (Å²) in [5, 5.41) is 0. The molecule has 152 valence electrons. The lowest BCUT2D eigenvalue weighted by atomic mass is 9.77. The molecule has 0 amide bonds. The largest absolute Gasteiger partial charge is 0.289 e. The van der Waals surface area contributed by atoms with Crippen LogP contribution in [0.15, 0.2) is 66.5 Å². The maximum Gasteiger partial charge on any atom is 0.190 e. The zero-order valence-corrected chi connectivity index (χ0v) is 22.9. The zero-order chi connectivity index (χ0) is 22.3. The van der Waals surface area contributed by atoms with Gasteiger partial charge in [-0.25, -0.2) is 0 Å². The highest BCUT2D eigenvalue weighted by Crippen LogP contribution is 2.40. The van der Waals surface area contributed by atoms with Crippen molar-refractivity contribution in [1.29, 1.82) is 0 Å². The first-order valence-corrected chi connectivity index (χ1v) is 11.9. The number of carbonyl (C=O) groups excluding carboxylic acids is 2. The fourth-order valence-electron chi connectivity index (χ4n) is 2.90. The van der Waals surface area contributed by atoms with Crippen molar-refractivity contribution in [2.24, 2.45) is 0 Å². The zero-order valence-electron chi connectivity index (χ0n) is 16.6. The van der Waals surface area contributed by atoms with Crippen LogP contribution >= 0.6 is 63.7 Å². The predicted octanol–water partition coefficient (Wildman–Crippen LogP) is 8.58. The molecular formula is C23H20Br4O2. The summed E-state index contributed by atoms with van der Waals surface area (Å²) in [7, 11) is 0. The molecule has 0 N–H and O–H groups in total. The maximum atomic E-state index is 12.5. The van der Waals surface area contributed by atoms with Crippen LogP contribution < -0.4 is 0 Å². The smallest absolute Gasteiger partial charge is 0.190 e. The Morgan fingerprint density at radius 3 is 1.14 bits per heavy atom. The van der Waals surface area contributed by atoms with E-state index in [0.717, 1.165) is 11.1 Å². The van der Waals surface area contributed by atoms with Crippen molar-refractivity contribution in [1.82, 2.24) is 0 Å². The van der Waals surface area contributed by atoms with Gasteiger partial charge in [0.15, 0.2) is 11.6 Å². The number of benzene rings is 2. The Labute approximate surface area is 205 Å². The van der Waals surface area contributed by atoms with E-state index in [1.54, 1.807) is 13.8 Å². The van der Waals surface area contributed by atoms with E-state index in [1.165, 1.54) is 0 Å². The highest BCUT2D eigenvalue weighted by atomic mass is 79.9. The second-order valence-electron chi connectivity index (χ2n) is 7.47. The van der Waals surface area contributed by atoms with E-state index in [-0.39, 0.29) is 11.6 Å². The summed E-state index contributed by atoms with van der Waals surface area (Å²) in [4.78, 5) is 24.9. The van der Waals surface area contributed by atoms with Gasteiger partial charge in [0.2, 0.25) is 0 Å². The van der Waals surface area contributed by atoms with Gasteiger partial charge < -0.3 is 0 Å². The molecule has 0 fully saturated rings. The van der Waals surface area contributed by atoms with E-state index in [4.69, 9.17) is 0 Å². The number of ketones is 2. The van der Waals surface area contributed by atoms with Gasteiger partial charge in [0.05, 0.1) is 11.1 Å². The summed E-state index contributed by atoms with van der Waals surface area (Å²) < 4.78 is 2.82. The van der Waals surface area contributed by atoms with Crippen molar-refractivity contribution < 1.29 is 9.59 Å². The van der Waals surface area contributed by atoms with E-state index in [0.29, 0.717) is 40.2 Å². The average molecular weight is 648 g/mol. The quantitative estimate of drug-likeness (QED) is 0.233. The molecular weight excluding hydrogens is 628 g/mol. The molecule has 0 spiro atoms. The molecule has 0 aromatic heterocycles. The third kappa shape index (κ3) is 4.92. The summed E-state index contributed by atoms with van der Waals surface area (Å²) >= 11 is 14.2. The average Bonchev–Trinajstić information content (AvgIpc) is 2.59. The lowest BCUT2D eigenvalue weighted by Gasteiger charge is -2.28. The molecule has 0 bridgehead atoms. The number of Topliss-reactive ketones (excluding diaryl/α,β-unsaturated/α-hetero) is 2. The van der Waals surface area contributed by atoms with Crippen molar-refractivity contribution >= 4 is 75.3 Å².